The van der Waals surface area contributed by atoms with Crippen molar-refractivity contribution in [2.45, 2.75) is 169 Å². The summed E-state index contributed by atoms with van der Waals surface area (Å²) in [6, 6.07) is 62.9. The Morgan fingerprint density at radius 3 is 1.09 bits per heavy atom. The van der Waals surface area contributed by atoms with Gasteiger partial charge in [-0.1, -0.05) is 265 Å². The molecule has 7 atom stereocenters. The van der Waals surface area contributed by atoms with Gasteiger partial charge in [0, 0.05) is 72.6 Å². The molecule has 0 radical (unpaired) electrons. The maximum atomic E-state index is 5.88. The average molecular weight is 1410 g/mol. The number of allylic oxidation sites excluding steroid dienone is 5. The molecule has 2 aliphatic carbocycles. The van der Waals surface area contributed by atoms with Crippen molar-refractivity contribution in [2.75, 3.05) is 13.2 Å². The number of unbranched alkanes of at least 4 members (excludes halogenated alkanes) is 1. The van der Waals surface area contributed by atoms with E-state index in [1.165, 1.54) is 67.2 Å². The molecule has 6 aromatic carbocycles. The van der Waals surface area contributed by atoms with Gasteiger partial charge in [-0.3, -0.25) is 15.0 Å². The van der Waals surface area contributed by atoms with Gasteiger partial charge in [0.2, 0.25) is 0 Å². The molecule has 2 saturated carbocycles. The molecule has 4 N–H and O–H groups in total. The van der Waals surface area contributed by atoms with Gasteiger partial charge in [-0.25, -0.2) is 0 Å². The fourth-order valence-corrected chi connectivity index (χ4v) is 9.68. The van der Waals surface area contributed by atoms with Gasteiger partial charge in [-0.2, -0.15) is 0 Å². The van der Waals surface area contributed by atoms with Crippen molar-refractivity contribution in [1.29, 1.82) is 0 Å². The second-order valence-corrected chi connectivity index (χ2v) is 22.5. The van der Waals surface area contributed by atoms with Crippen LogP contribution in [0.25, 0.3) is 0 Å². The van der Waals surface area contributed by atoms with Gasteiger partial charge < -0.3 is 16.0 Å². The zero-order valence-corrected chi connectivity index (χ0v) is 59.2. The second kappa shape index (κ2) is 48.8. The molecule has 6 aromatic rings. The normalized spacial score (nSPS) is 17.7. The zero-order chi connectivity index (χ0) is 63.1. The predicted molar refractivity (Wildman–Crippen MR) is 389 cm³/mol. The van der Waals surface area contributed by atoms with Crippen molar-refractivity contribution in [1.82, 2.24) is 0 Å². The van der Waals surface area contributed by atoms with E-state index >= 15 is 0 Å². The van der Waals surface area contributed by atoms with Crippen molar-refractivity contribution < 1.29 is 45.0 Å². The Balaban J connectivity index is 0.000000370. The molecule has 86 heavy (non-hydrogen) atoms. The van der Waals surface area contributed by atoms with Gasteiger partial charge in [0.05, 0.1) is 23.7 Å². The number of nitrogens with two attached hydrogens (primary N) is 2. The first kappa shape index (κ1) is 78.0. The molecule has 0 saturated heterocycles. The van der Waals surface area contributed by atoms with Crippen LogP contribution in [0, 0.1) is 52.3 Å². The third kappa shape index (κ3) is 32.4. The predicted octanol–water partition coefficient (Wildman–Crippen LogP) is 20.5. The van der Waals surface area contributed by atoms with E-state index in [2.05, 4.69) is 287 Å². The minimum atomic E-state index is 0.0712. The number of aliphatic imine (C=N–C) groups is 3. The van der Waals surface area contributed by atoms with E-state index in [9.17, 15) is 0 Å². The Kier molecular flexibility index (Phi) is 44.2. The van der Waals surface area contributed by atoms with Crippen LogP contribution < -0.4 is 11.5 Å². The third-order valence-electron chi connectivity index (χ3n) is 15.0. The summed E-state index contributed by atoms with van der Waals surface area (Å²) in [6.45, 7) is 24.6. The van der Waals surface area contributed by atoms with Crippen LogP contribution in [0.4, 0.5) is 0 Å². The molecule has 0 heterocycles. The van der Waals surface area contributed by atoms with Crippen LogP contribution in [0.5, 0.6) is 0 Å². The summed E-state index contributed by atoms with van der Waals surface area (Å²) in [5.41, 5.74) is 22.2. The number of rotatable bonds is 23. The molecule has 7 unspecified atom stereocenters. The van der Waals surface area contributed by atoms with E-state index in [1.54, 1.807) is 0 Å². The second-order valence-electron chi connectivity index (χ2n) is 22.2. The molecule has 2 aliphatic rings. The zero-order valence-electron chi connectivity index (χ0n) is 53.7. The standard InChI is InChI=1S/C21H25N.C20H24NOP.C15H15N.C7H15N.C7H13N.C7H14.HIXe/c1-3-4-5-8-13-18(2)22-21(19-14-9-6-10-15-19)20-16-11-7-12-17-20;1-17(11-5-4-10-16-22-23)21-20(18-12-6-2-7-13-18)19-14-8-3-9-15-19;1-2-16-15(13-9-5-3-6-10-13)14-11-7-4-8-12-14;2*1-3-6-4-5-7(6,2)8;1-3-5-7-6-4-2;1-2/h4-7,9-12,14-18H,3,8,13H2,1-2H3;2-4,6-10,12-15,17H,5,11,16,23H2,1H3;3-12H,2H2,1H3;6H,3-5,8H2,1-2H3;3,6H,1,4-5,8H2,2H3;5,7H,3-4,6H2,1-2H3;2H/b5-4+;10-4+;;;;7-5+;. The van der Waals surface area contributed by atoms with Crippen LogP contribution in [-0.2, 0) is 4.52 Å². The van der Waals surface area contributed by atoms with E-state index in [4.69, 9.17) is 26.0 Å². The third-order valence-corrected chi connectivity index (χ3v) is 15.2. The van der Waals surface area contributed by atoms with Crippen LogP contribution in [0.2, 0.25) is 0 Å². The number of hydrogen-bond donors (Lipinski definition) is 2. The van der Waals surface area contributed by atoms with Crippen LogP contribution in [-0.4, -0.2) is 53.4 Å². The van der Waals surface area contributed by atoms with Crippen molar-refractivity contribution in [3.8, 4) is 0 Å². The quantitative estimate of drug-likeness (QED) is 0.0289. The Bertz CT molecular complexity index is 2680. The Hall–Kier alpha value is -4.10. The van der Waals surface area contributed by atoms with Gasteiger partial charge in [0.25, 0.3) is 0 Å². The Morgan fingerprint density at radius 1 is 0.535 bits per heavy atom. The molecule has 0 bridgehead atoms. The van der Waals surface area contributed by atoms with Gasteiger partial charge in [0.15, 0.2) is 0 Å². The van der Waals surface area contributed by atoms with E-state index < -0.39 is 0 Å². The topological polar surface area (TPSA) is 98.3 Å². The molecule has 9 heteroatoms. The van der Waals surface area contributed by atoms with Crippen LogP contribution in [0.1, 0.15) is 179 Å². The van der Waals surface area contributed by atoms with Crippen LogP contribution >= 0.6 is 21.4 Å². The van der Waals surface area contributed by atoms with Gasteiger partial charge >= 0.3 is 52.4 Å². The summed E-state index contributed by atoms with van der Waals surface area (Å²) < 4.78 is 4.93. The first-order chi connectivity index (χ1) is 41.8. The van der Waals surface area contributed by atoms with Crippen molar-refractivity contribution in [3.05, 3.63) is 264 Å². The number of halogens is 1. The molecular formula is C77H107IN5OPXe. The van der Waals surface area contributed by atoms with Crippen LogP contribution in [0.3, 0.4) is 0 Å². The summed E-state index contributed by atoms with van der Waals surface area (Å²) in [6.07, 6.45) is 30.3. The fourth-order valence-electron chi connectivity index (χ4n) is 9.56. The van der Waals surface area contributed by atoms with Crippen molar-refractivity contribution >= 4 is 38.6 Å². The number of nitrogens with zero attached hydrogens (tertiary/aromatic N) is 3. The Morgan fingerprint density at radius 2 is 0.872 bits per heavy atom. The molecule has 0 spiro atoms. The molecule has 8 rings (SSSR count). The van der Waals surface area contributed by atoms with E-state index in [-0.39, 0.29) is 17.1 Å². The fraction of sp³-hybridized carbons (Fsp3) is 0.390. The van der Waals surface area contributed by atoms with Gasteiger partial charge in [-0.15, -0.1) is 6.58 Å². The van der Waals surface area contributed by atoms with E-state index in [0.717, 1.165) is 79.2 Å². The van der Waals surface area contributed by atoms with E-state index in [0.29, 0.717) is 18.6 Å². The maximum absolute atomic E-state index is 5.88. The molecule has 6 nitrogen and oxygen atoms in total. The van der Waals surface area contributed by atoms with Crippen molar-refractivity contribution in [2.24, 2.45) is 38.3 Å². The van der Waals surface area contributed by atoms with Gasteiger partial charge in [0.1, 0.15) is 0 Å². The summed E-state index contributed by atoms with van der Waals surface area (Å²) in [4.78, 5) is 14.6. The molecule has 466 valence electrons. The summed E-state index contributed by atoms with van der Waals surface area (Å²) in [5, 5.41) is 0. The summed E-state index contributed by atoms with van der Waals surface area (Å²) in [7, 11) is 2.26. The number of hydrogen-bond acceptors (Lipinski definition) is 6. The molecule has 0 amide bonds. The van der Waals surface area contributed by atoms with Gasteiger partial charge in [-0.05, 0) is 117 Å². The first-order valence-corrected chi connectivity index (χ1v) is 38.2. The van der Waals surface area contributed by atoms with Crippen molar-refractivity contribution in [3.63, 3.8) is 0 Å². The summed E-state index contributed by atoms with van der Waals surface area (Å²) >= 11 is 4.24. The molecular weight excluding hydrogens is 1300 g/mol. The number of benzene rings is 6. The summed E-state index contributed by atoms with van der Waals surface area (Å²) in [5.74, 6) is 1.38. The Labute approximate surface area is 562 Å². The van der Waals surface area contributed by atoms with E-state index in [1.807, 2.05) is 72.8 Å². The molecule has 0 aromatic heterocycles. The minimum absolute atomic E-state index is 0.0712. The average Bonchev–Trinajstić information content (AvgIpc) is 2.50. The first-order valence-electron chi connectivity index (χ1n) is 31.4. The monoisotopic (exact) mass is 1410 g/mol. The molecule has 2 fully saturated rings. The molecule has 0 aliphatic heterocycles. The van der Waals surface area contributed by atoms with Crippen LogP contribution in [0.15, 0.2) is 246 Å². The SMILES string of the molecule is C=CC1CCC1(C)N.CC(CC/C=C/COP)N=C(c1ccccc1)c1ccccc1.CC/C=C/CCC.CC/C=C/CCC(C)N=C(c1ccccc1)c1ccccc1.CCC1CCC1(C)N.CCN=C(c1ccccc1)c1ccccc1.I[XeH].